The van der Waals surface area contributed by atoms with Gasteiger partial charge in [-0.2, -0.15) is 11.3 Å². The molecule has 0 saturated carbocycles. The van der Waals surface area contributed by atoms with Crippen molar-refractivity contribution in [3.8, 4) is 11.3 Å². The SMILES string of the molecule is Cc1oc(I)nc1-c1ccsc1. The minimum atomic E-state index is 0.700. The van der Waals surface area contributed by atoms with Gasteiger partial charge >= 0.3 is 0 Å². The average Bonchev–Trinajstić information content (AvgIpc) is 2.58. The lowest BCUT2D eigenvalue weighted by atomic mass is 10.2. The van der Waals surface area contributed by atoms with E-state index < -0.39 is 0 Å². The summed E-state index contributed by atoms with van der Waals surface area (Å²) < 4.78 is 6.02. The molecule has 0 bridgehead atoms. The predicted octanol–water partition coefficient (Wildman–Crippen LogP) is 3.32. The minimum Gasteiger partial charge on any atom is -0.437 e. The maximum atomic E-state index is 5.32. The maximum Gasteiger partial charge on any atom is 0.257 e. The van der Waals surface area contributed by atoms with Crippen LogP contribution in [0.2, 0.25) is 0 Å². The first kappa shape index (κ1) is 8.25. The topological polar surface area (TPSA) is 26.0 Å². The molecule has 0 aliphatic heterocycles. The van der Waals surface area contributed by atoms with E-state index in [1.54, 1.807) is 11.3 Å². The largest absolute Gasteiger partial charge is 0.437 e. The second kappa shape index (κ2) is 3.18. The molecule has 0 unspecified atom stereocenters. The molecule has 0 N–H and O–H groups in total. The van der Waals surface area contributed by atoms with Crippen molar-refractivity contribution in [1.82, 2.24) is 4.98 Å². The van der Waals surface area contributed by atoms with Crippen molar-refractivity contribution in [2.45, 2.75) is 6.92 Å². The molecule has 0 radical (unpaired) electrons. The first-order chi connectivity index (χ1) is 5.77. The summed E-state index contributed by atoms with van der Waals surface area (Å²) in [5.74, 6) is 0.887. The Labute approximate surface area is 87.8 Å². The highest BCUT2D eigenvalue weighted by molar-refractivity contribution is 14.1. The Hall–Kier alpha value is -0.360. The summed E-state index contributed by atoms with van der Waals surface area (Å²) >= 11 is 3.75. The number of rotatable bonds is 1. The highest BCUT2D eigenvalue weighted by Crippen LogP contribution is 2.25. The second-order valence-electron chi connectivity index (χ2n) is 2.38. The van der Waals surface area contributed by atoms with E-state index >= 15 is 0 Å². The number of halogens is 1. The quantitative estimate of drug-likeness (QED) is 0.753. The van der Waals surface area contributed by atoms with Crippen LogP contribution < -0.4 is 0 Å². The molecule has 62 valence electrons. The molecule has 2 rings (SSSR count). The van der Waals surface area contributed by atoms with Crippen LogP contribution in [0.5, 0.6) is 0 Å². The van der Waals surface area contributed by atoms with Gasteiger partial charge in [-0.1, -0.05) is 0 Å². The molecule has 2 heterocycles. The molecular formula is C8H6INOS. The predicted molar refractivity (Wildman–Crippen MR) is 57.3 cm³/mol. The van der Waals surface area contributed by atoms with E-state index in [9.17, 15) is 0 Å². The Balaban J connectivity index is 2.54. The molecule has 12 heavy (non-hydrogen) atoms. The van der Waals surface area contributed by atoms with E-state index in [0.29, 0.717) is 3.90 Å². The van der Waals surface area contributed by atoms with Crippen molar-refractivity contribution < 1.29 is 4.42 Å². The van der Waals surface area contributed by atoms with Gasteiger partial charge in [0.2, 0.25) is 0 Å². The van der Waals surface area contributed by atoms with Gasteiger partial charge in [0, 0.05) is 33.5 Å². The lowest BCUT2D eigenvalue weighted by molar-refractivity contribution is 0.497. The van der Waals surface area contributed by atoms with Gasteiger partial charge < -0.3 is 4.42 Å². The summed E-state index contributed by atoms with van der Waals surface area (Å²) in [5, 5.41) is 4.11. The fourth-order valence-corrected chi connectivity index (χ4v) is 2.24. The molecule has 0 aliphatic carbocycles. The van der Waals surface area contributed by atoms with E-state index in [2.05, 4.69) is 33.0 Å². The van der Waals surface area contributed by atoms with Crippen LogP contribution in [0.1, 0.15) is 5.76 Å². The Kier molecular flexibility index (Phi) is 2.18. The Bertz CT molecular complexity index is 380. The average molecular weight is 291 g/mol. The molecule has 2 aromatic rings. The molecule has 0 aliphatic rings. The van der Waals surface area contributed by atoms with Gasteiger partial charge in [0.05, 0.1) is 0 Å². The van der Waals surface area contributed by atoms with Gasteiger partial charge in [-0.3, -0.25) is 0 Å². The van der Waals surface area contributed by atoms with Crippen LogP contribution in [-0.2, 0) is 0 Å². The molecule has 0 aromatic carbocycles. The first-order valence-electron chi connectivity index (χ1n) is 3.43. The summed E-state index contributed by atoms with van der Waals surface area (Å²) in [6, 6.07) is 2.05. The van der Waals surface area contributed by atoms with Crippen LogP contribution >= 0.6 is 33.9 Å². The Morgan fingerprint density at radius 1 is 1.58 bits per heavy atom. The zero-order valence-electron chi connectivity index (χ0n) is 6.37. The van der Waals surface area contributed by atoms with Gasteiger partial charge in [-0.15, -0.1) is 0 Å². The second-order valence-corrected chi connectivity index (χ2v) is 4.09. The molecule has 4 heteroatoms. The van der Waals surface area contributed by atoms with Crippen LogP contribution in [0.25, 0.3) is 11.3 Å². The van der Waals surface area contributed by atoms with Gasteiger partial charge in [-0.25, -0.2) is 4.98 Å². The zero-order valence-corrected chi connectivity index (χ0v) is 9.35. The van der Waals surface area contributed by atoms with Crippen molar-refractivity contribution >= 4 is 33.9 Å². The summed E-state index contributed by atoms with van der Waals surface area (Å²) in [4.78, 5) is 4.28. The van der Waals surface area contributed by atoms with E-state index in [1.807, 2.05) is 18.4 Å². The third kappa shape index (κ3) is 1.40. The number of hydrogen-bond donors (Lipinski definition) is 0. The summed E-state index contributed by atoms with van der Waals surface area (Å²) in [6.07, 6.45) is 0. The van der Waals surface area contributed by atoms with Crippen LogP contribution in [0.4, 0.5) is 0 Å². The van der Waals surface area contributed by atoms with Gasteiger partial charge in [0.1, 0.15) is 11.5 Å². The number of thiophene rings is 1. The minimum absolute atomic E-state index is 0.700. The van der Waals surface area contributed by atoms with Gasteiger partial charge in [0.15, 0.2) is 0 Å². The van der Waals surface area contributed by atoms with Crippen LogP contribution in [0.15, 0.2) is 21.2 Å². The standard InChI is InChI=1S/C8H6INOS/c1-5-7(10-8(9)11-5)6-2-3-12-4-6/h2-4H,1H3. The smallest absolute Gasteiger partial charge is 0.257 e. The molecule has 0 amide bonds. The summed E-state index contributed by atoms with van der Waals surface area (Å²) in [6.45, 7) is 1.93. The number of aryl methyl sites for hydroxylation is 1. The van der Waals surface area contributed by atoms with Crippen LogP contribution in [-0.4, -0.2) is 4.98 Å². The molecule has 0 saturated heterocycles. The first-order valence-corrected chi connectivity index (χ1v) is 5.45. The van der Waals surface area contributed by atoms with E-state index in [-0.39, 0.29) is 0 Å². The molecule has 2 aromatic heterocycles. The third-order valence-corrected chi connectivity index (χ3v) is 2.71. The number of nitrogens with zero attached hydrogens (tertiary/aromatic N) is 1. The molecular weight excluding hydrogens is 285 g/mol. The monoisotopic (exact) mass is 291 g/mol. The van der Waals surface area contributed by atoms with E-state index in [4.69, 9.17) is 4.42 Å². The highest BCUT2D eigenvalue weighted by Gasteiger charge is 2.09. The molecule has 0 spiro atoms. The number of hydrogen-bond acceptors (Lipinski definition) is 3. The third-order valence-electron chi connectivity index (χ3n) is 1.57. The zero-order chi connectivity index (χ0) is 8.55. The fourth-order valence-electron chi connectivity index (χ4n) is 1.03. The van der Waals surface area contributed by atoms with Crippen molar-refractivity contribution in [2.75, 3.05) is 0 Å². The van der Waals surface area contributed by atoms with Crippen molar-refractivity contribution in [3.05, 3.63) is 26.5 Å². The van der Waals surface area contributed by atoms with E-state index in [0.717, 1.165) is 17.0 Å². The molecule has 0 fully saturated rings. The van der Waals surface area contributed by atoms with Crippen molar-refractivity contribution in [2.24, 2.45) is 0 Å². The lowest BCUT2D eigenvalue weighted by Crippen LogP contribution is -1.75. The Morgan fingerprint density at radius 2 is 2.42 bits per heavy atom. The summed E-state index contributed by atoms with van der Waals surface area (Å²) in [7, 11) is 0. The van der Waals surface area contributed by atoms with Gasteiger partial charge in [-0.05, 0) is 18.4 Å². The maximum absolute atomic E-state index is 5.32. The van der Waals surface area contributed by atoms with Crippen LogP contribution in [0, 0.1) is 10.8 Å². The van der Waals surface area contributed by atoms with E-state index in [1.165, 1.54) is 0 Å². The fraction of sp³-hybridized carbons (Fsp3) is 0.125. The van der Waals surface area contributed by atoms with Crippen molar-refractivity contribution in [1.29, 1.82) is 0 Å². The summed E-state index contributed by atoms with van der Waals surface area (Å²) in [5.41, 5.74) is 2.10. The molecule has 2 nitrogen and oxygen atoms in total. The highest BCUT2D eigenvalue weighted by atomic mass is 127. The van der Waals surface area contributed by atoms with Gasteiger partial charge in [0.25, 0.3) is 3.90 Å². The van der Waals surface area contributed by atoms with Crippen molar-refractivity contribution in [3.63, 3.8) is 0 Å². The number of aromatic nitrogens is 1. The molecule has 0 atom stereocenters. The number of oxazole rings is 1. The Morgan fingerprint density at radius 3 is 2.92 bits per heavy atom. The lowest BCUT2D eigenvalue weighted by Gasteiger charge is -1.88. The van der Waals surface area contributed by atoms with Crippen LogP contribution in [0.3, 0.4) is 0 Å². The normalized spacial score (nSPS) is 10.5.